The normalized spacial score (nSPS) is 10.2. The van der Waals surface area contributed by atoms with Crippen molar-refractivity contribution in [3.05, 3.63) is 10.8 Å². The Morgan fingerprint density at radius 1 is 1.38 bits per heavy atom. The lowest BCUT2D eigenvalue weighted by molar-refractivity contribution is 0.491. The maximum absolute atomic E-state index is 5.24. The average molecular weight is 247 g/mol. The number of hydrogen-bond acceptors (Lipinski definition) is 6. The van der Waals surface area contributed by atoms with Crippen LogP contribution < -0.4 is 16.7 Å². The lowest BCUT2D eigenvalue weighted by Crippen LogP contribution is -2.21. The highest BCUT2D eigenvalue weighted by molar-refractivity contribution is 9.10. The fourth-order valence-electron chi connectivity index (χ4n) is 0.760. The first-order valence-corrected chi connectivity index (χ1v) is 4.35. The molecule has 0 saturated heterocycles. The lowest BCUT2D eigenvalue weighted by atomic mass is 10.5. The van der Waals surface area contributed by atoms with Gasteiger partial charge < -0.3 is 10.9 Å². The zero-order valence-electron chi connectivity index (χ0n) is 7.37. The van der Waals surface area contributed by atoms with Gasteiger partial charge in [-0.15, -0.1) is 0 Å². The Bertz CT molecular complexity index is 288. The minimum Gasteiger partial charge on any atom is -0.307 e. The number of nitrogen functional groups attached to an aromatic ring is 1. The smallest absolute Gasteiger partial charge is 0.160 e. The average Bonchev–Trinajstić information content (AvgIpc) is 2.08. The molecule has 0 aliphatic rings. The van der Waals surface area contributed by atoms with E-state index in [1.54, 1.807) is 5.01 Å². The molecule has 13 heavy (non-hydrogen) atoms. The lowest BCUT2D eigenvalue weighted by Gasteiger charge is -2.14. The third-order valence-electron chi connectivity index (χ3n) is 1.26. The fraction of sp³-hybridized carbons (Fsp3) is 0.333. The molecule has 0 bridgehead atoms. The van der Waals surface area contributed by atoms with Crippen molar-refractivity contribution in [3.8, 4) is 0 Å². The van der Waals surface area contributed by atoms with E-state index in [2.05, 4.69) is 36.7 Å². The van der Waals surface area contributed by atoms with Crippen LogP contribution in [0.15, 0.2) is 10.8 Å². The summed E-state index contributed by atoms with van der Waals surface area (Å²) in [4.78, 5) is 7.93. The minimum absolute atomic E-state index is 0.541. The number of nitrogens with two attached hydrogens (primary N) is 1. The number of anilines is 2. The van der Waals surface area contributed by atoms with Crippen LogP contribution in [0.4, 0.5) is 11.6 Å². The molecule has 0 aromatic carbocycles. The van der Waals surface area contributed by atoms with Gasteiger partial charge in [0.05, 0.1) is 0 Å². The maximum Gasteiger partial charge on any atom is 0.160 e. The van der Waals surface area contributed by atoms with Crippen molar-refractivity contribution < 1.29 is 0 Å². The van der Waals surface area contributed by atoms with Crippen LogP contribution in [-0.4, -0.2) is 29.1 Å². The monoisotopic (exact) mass is 246 g/mol. The van der Waals surface area contributed by atoms with E-state index in [9.17, 15) is 0 Å². The van der Waals surface area contributed by atoms with E-state index in [0.717, 1.165) is 0 Å². The Balaban J connectivity index is 2.94. The Hall–Kier alpha value is -0.920. The first-order chi connectivity index (χ1) is 6.15. The molecule has 72 valence electrons. The van der Waals surface area contributed by atoms with Crippen LogP contribution in [0.2, 0.25) is 0 Å². The summed E-state index contributed by atoms with van der Waals surface area (Å²) in [6.45, 7) is 0. The van der Waals surface area contributed by atoms with E-state index in [0.29, 0.717) is 16.1 Å². The van der Waals surface area contributed by atoms with Crippen molar-refractivity contribution >= 4 is 27.6 Å². The SMILES string of the molecule is CN(C)Nc1ncnc(NN)c1Br. The Morgan fingerprint density at radius 3 is 2.54 bits per heavy atom. The van der Waals surface area contributed by atoms with Crippen LogP contribution in [-0.2, 0) is 0 Å². The van der Waals surface area contributed by atoms with Gasteiger partial charge in [-0.3, -0.25) is 0 Å². The van der Waals surface area contributed by atoms with Crippen LogP contribution in [0, 0.1) is 0 Å². The summed E-state index contributed by atoms with van der Waals surface area (Å²) in [5, 5.41) is 1.77. The molecule has 0 unspecified atom stereocenters. The zero-order chi connectivity index (χ0) is 9.84. The summed E-state index contributed by atoms with van der Waals surface area (Å²) in [5.74, 6) is 6.44. The number of nitrogens with zero attached hydrogens (tertiary/aromatic N) is 3. The topological polar surface area (TPSA) is 79.1 Å². The van der Waals surface area contributed by atoms with Gasteiger partial charge in [-0.2, -0.15) is 0 Å². The molecule has 0 saturated carbocycles. The largest absolute Gasteiger partial charge is 0.307 e. The van der Waals surface area contributed by atoms with Crippen LogP contribution in [0.1, 0.15) is 0 Å². The van der Waals surface area contributed by atoms with Crippen LogP contribution >= 0.6 is 15.9 Å². The second kappa shape index (κ2) is 4.35. The van der Waals surface area contributed by atoms with E-state index in [1.807, 2.05) is 14.1 Å². The number of rotatable bonds is 3. The highest BCUT2D eigenvalue weighted by Crippen LogP contribution is 2.25. The summed E-state index contributed by atoms with van der Waals surface area (Å²) in [5.41, 5.74) is 5.44. The second-order valence-corrected chi connectivity index (χ2v) is 3.33. The quantitative estimate of drug-likeness (QED) is 0.530. The summed E-state index contributed by atoms with van der Waals surface area (Å²) in [6.07, 6.45) is 1.42. The number of hydrogen-bond donors (Lipinski definition) is 3. The molecule has 0 aliphatic heterocycles. The Kier molecular flexibility index (Phi) is 3.40. The van der Waals surface area contributed by atoms with E-state index in [1.165, 1.54) is 6.33 Å². The fourth-order valence-corrected chi connectivity index (χ4v) is 1.17. The number of hydrazine groups is 2. The first-order valence-electron chi connectivity index (χ1n) is 3.56. The van der Waals surface area contributed by atoms with Crippen molar-refractivity contribution in [2.24, 2.45) is 5.84 Å². The van der Waals surface area contributed by atoms with Gasteiger partial charge in [-0.1, -0.05) is 0 Å². The molecule has 1 rings (SSSR count). The molecule has 0 amide bonds. The molecule has 0 radical (unpaired) electrons. The summed E-state index contributed by atoms with van der Waals surface area (Å²) < 4.78 is 0.700. The van der Waals surface area contributed by atoms with Gasteiger partial charge in [0.15, 0.2) is 11.6 Å². The van der Waals surface area contributed by atoms with Gasteiger partial charge in [0.1, 0.15) is 10.8 Å². The van der Waals surface area contributed by atoms with Crippen molar-refractivity contribution in [3.63, 3.8) is 0 Å². The molecular formula is C6H11BrN6. The minimum atomic E-state index is 0.541. The van der Waals surface area contributed by atoms with Gasteiger partial charge in [0.2, 0.25) is 0 Å². The van der Waals surface area contributed by atoms with Crippen molar-refractivity contribution in [2.75, 3.05) is 24.9 Å². The molecule has 0 fully saturated rings. The van der Waals surface area contributed by atoms with Gasteiger partial charge in [0, 0.05) is 14.1 Å². The molecule has 1 heterocycles. The molecule has 0 aliphatic carbocycles. The van der Waals surface area contributed by atoms with Gasteiger partial charge >= 0.3 is 0 Å². The molecule has 7 heteroatoms. The summed E-state index contributed by atoms with van der Waals surface area (Å²) in [7, 11) is 3.73. The summed E-state index contributed by atoms with van der Waals surface area (Å²) in [6, 6.07) is 0. The standard InChI is InChI=1S/C6H11BrN6/c1-13(2)12-6-4(7)5(11-8)9-3-10-6/h3H,8H2,1-2H3,(H2,9,10,11,12). The van der Waals surface area contributed by atoms with Crippen molar-refractivity contribution in [1.82, 2.24) is 15.0 Å². The second-order valence-electron chi connectivity index (χ2n) is 2.54. The molecular weight excluding hydrogens is 236 g/mol. The highest BCUT2D eigenvalue weighted by atomic mass is 79.9. The zero-order valence-corrected chi connectivity index (χ0v) is 8.96. The van der Waals surface area contributed by atoms with Crippen LogP contribution in [0.25, 0.3) is 0 Å². The summed E-state index contributed by atoms with van der Waals surface area (Å²) >= 11 is 3.31. The molecule has 6 nitrogen and oxygen atoms in total. The van der Waals surface area contributed by atoms with E-state index in [-0.39, 0.29) is 0 Å². The molecule has 1 aromatic heterocycles. The number of nitrogens with one attached hydrogen (secondary N) is 2. The number of aromatic nitrogens is 2. The number of halogens is 1. The predicted molar refractivity (Wildman–Crippen MR) is 54.9 cm³/mol. The van der Waals surface area contributed by atoms with Gasteiger partial charge in [-0.25, -0.2) is 20.8 Å². The van der Waals surface area contributed by atoms with E-state index in [4.69, 9.17) is 5.84 Å². The Morgan fingerprint density at radius 2 is 2.00 bits per heavy atom. The first kappa shape index (κ1) is 10.2. The van der Waals surface area contributed by atoms with Crippen LogP contribution in [0.3, 0.4) is 0 Å². The van der Waals surface area contributed by atoms with Crippen molar-refractivity contribution in [2.45, 2.75) is 0 Å². The van der Waals surface area contributed by atoms with E-state index >= 15 is 0 Å². The molecule has 0 spiro atoms. The maximum atomic E-state index is 5.24. The molecule has 0 atom stereocenters. The van der Waals surface area contributed by atoms with E-state index < -0.39 is 0 Å². The van der Waals surface area contributed by atoms with Gasteiger partial charge in [-0.05, 0) is 15.9 Å². The van der Waals surface area contributed by atoms with Gasteiger partial charge in [0.25, 0.3) is 0 Å². The molecule has 4 N–H and O–H groups in total. The molecule has 1 aromatic rings. The third kappa shape index (κ3) is 2.51. The van der Waals surface area contributed by atoms with Crippen LogP contribution in [0.5, 0.6) is 0 Å². The predicted octanol–water partition coefficient (Wildman–Crippen LogP) is 0.413. The Labute approximate surface area is 84.6 Å². The van der Waals surface area contributed by atoms with Crippen molar-refractivity contribution in [1.29, 1.82) is 0 Å². The highest BCUT2D eigenvalue weighted by Gasteiger charge is 2.06. The third-order valence-corrected chi connectivity index (χ3v) is 2.01.